The van der Waals surface area contributed by atoms with E-state index in [-0.39, 0.29) is 5.70 Å². The van der Waals surface area contributed by atoms with E-state index in [1.54, 1.807) is 23.3 Å². The van der Waals surface area contributed by atoms with Gasteiger partial charge in [-0.3, -0.25) is 0 Å². The van der Waals surface area contributed by atoms with E-state index in [0.29, 0.717) is 12.4 Å². The molecule has 2 heterocycles. The van der Waals surface area contributed by atoms with Crippen molar-refractivity contribution in [3.8, 4) is 0 Å². The van der Waals surface area contributed by atoms with E-state index in [2.05, 4.69) is 4.99 Å². The second-order valence-electron chi connectivity index (χ2n) is 2.74. The summed E-state index contributed by atoms with van der Waals surface area (Å²) in [5.74, 6) is -0.446. The van der Waals surface area contributed by atoms with Crippen molar-refractivity contribution in [3.05, 3.63) is 36.6 Å². The van der Waals surface area contributed by atoms with E-state index < -0.39 is 5.97 Å². The average molecular weight is 192 g/mol. The van der Waals surface area contributed by atoms with Crippen LogP contribution in [0, 0.1) is 0 Å². The van der Waals surface area contributed by atoms with Crippen molar-refractivity contribution in [1.29, 1.82) is 0 Å². The monoisotopic (exact) mass is 192 g/mol. The molecule has 0 atom stereocenters. The minimum atomic E-state index is -1.01. The third kappa shape index (κ3) is 1.52. The first-order valence-electron chi connectivity index (χ1n) is 4.05. The number of amidine groups is 1. The molecule has 0 fully saturated rings. The molecule has 0 saturated heterocycles. The first-order valence-corrected chi connectivity index (χ1v) is 4.05. The molecule has 0 radical (unpaired) electrons. The maximum atomic E-state index is 10.6. The van der Waals surface area contributed by atoms with Gasteiger partial charge in [0.1, 0.15) is 17.8 Å². The highest BCUT2D eigenvalue weighted by molar-refractivity contribution is 5.99. The number of aliphatic imine (C=N–C) groups is 1. The molecule has 2 aliphatic rings. The van der Waals surface area contributed by atoms with Crippen LogP contribution in [0.25, 0.3) is 0 Å². The maximum Gasteiger partial charge on any atom is 0.354 e. The first kappa shape index (κ1) is 8.55. The number of hydrogen-bond acceptors (Lipinski definition) is 4. The van der Waals surface area contributed by atoms with Crippen molar-refractivity contribution in [3.63, 3.8) is 0 Å². The number of nitrogens with zero attached hydrogens (tertiary/aromatic N) is 2. The van der Waals surface area contributed by atoms with Crippen molar-refractivity contribution >= 4 is 11.8 Å². The molecule has 1 N–H and O–H groups in total. The Hall–Kier alpha value is -2.04. The molecule has 0 bridgehead atoms. The third-order valence-corrected chi connectivity index (χ3v) is 1.84. The van der Waals surface area contributed by atoms with Crippen molar-refractivity contribution in [1.82, 2.24) is 4.90 Å². The first-order chi connectivity index (χ1) is 6.77. The van der Waals surface area contributed by atoms with Crippen molar-refractivity contribution in [2.75, 3.05) is 6.54 Å². The van der Waals surface area contributed by atoms with Gasteiger partial charge in [0.15, 0.2) is 0 Å². The van der Waals surface area contributed by atoms with Gasteiger partial charge < -0.3 is 14.7 Å². The third-order valence-electron chi connectivity index (χ3n) is 1.84. The molecule has 14 heavy (non-hydrogen) atoms. The zero-order valence-corrected chi connectivity index (χ0v) is 7.25. The largest absolute Gasteiger partial charge is 0.477 e. The zero-order chi connectivity index (χ0) is 9.97. The summed E-state index contributed by atoms with van der Waals surface area (Å²) in [6.07, 6.45) is 7.85. The molecule has 2 aliphatic heterocycles. The lowest BCUT2D eigenvalue weighted by molar-refractivity contribution is -0.132. The predicted octanol–water partition coefficient (Wildman–Crippen LogP) is 0.684. The van der Waals surface area contributed by atoms with E-state index in [4.69, 9.17) is 9.84 Å². The van der Waals surface area contributed by atoms with Gasteiger partial charge in [0.05, 0.1) is 6.26 Å². The SMILES string of the molecule is O=C(O)C1=CCN2C=COC=CC2=N1. The van der Waals surface area contributed by atoms with Gasteiger partial charge in [0, 0.05) is 18.8 Å². The Morgan fingerprint density at radius 2 is 2.43 bits per heavy atom. The quantitative estimate of drug-likeness (QED) is 0.663. The highest BCUT2D eigenvalue weighted by atomic mass is 16.5. The molecule has 5 heteroatoms. The molecular weight excluding hydrogens is 184 g/mol. The van der Waals surface area contributed by atoms with Gasteiger partial charge in [-0.25, -0.2) is 9.79 Å². The summed E-state index contributed by atoms with van der Waals surface area (Å²) < 4.78 is 4.93. The van der Waals surface area contributed by atoms with Gasteiger partial charge in [-0.1, -0.05) is 0 Å². The van der Waals surface area contributed by atoms with Crippen LogP contribution in [0.1, 0.15) is 0 Å². The van der Waals surface area contributed by atoms with Gasteiger partial charge in [0.2, 0.25) is 0 Å². The van der Waals surface area contributed by atoms with Gasteiger partial charge in [-0.2, -0.15) is 0 Å². The topological polar surface area (TPSA) is 62.1 Å². The highest BCUT2D eigenvalue weighted by Crippen LogP contribution is 2.11. The van der Waals surface area contributed by atoms with Gasteiger partial charge in [-0.05, 0) is 6.08 Å². The van der Waals surface area contributed by atoms with E-state index in [9.17, 15) is 4.79 Å². The summed E-state index contributed by atoms with van der Waals surface area (Å²) in [6, 6.07) is 0. The molecule has 72 valence electrons. The van der Waals surface area contributed by atoms with Gasteiger partial charge in [-0.15, -0.1) is 0 Å². The summed E-state index contributed by atoms with van der Waals surface area (Å²) in [4.78, 5) is 16.4. The number of hydrogen-bond donors (Lipinski definition) is 1. The molecular formula is C9H8N2O3. The molecule has 0 amide bonds. The molecule has 5 nitrogen and oxygen atoms in total. The standard InChI is InChI=1S/C9H8N2O3/c12-9(13)7-1-3-11-4-6-14-5-2-8(11)10-7/h1-2,4-6H,3H2,(H,12,13). The minimum absolute atomic E-state index is 0.0659. The van der Waals surface area contributed by atoms with Crippen LogP contribution in [0.15, 0.2) is 41.6 Å². The summed E-state index contributed by atoms with van der Waals surface area (Å²) in [7, 11) is 0. The Morgan fingerprint density at radius 1 is 1.57 bits per heavy atom. The van der Waals surface area contributed by atoms with Crippen LogP contribution in [0.4, 0.5) is 0 Å². The molecule has 0 aromatic heterocycles. The number of carboxylic acid groups (broad SMARTS) is 1. The molecule has 0 aromatic carbocycles. The van der Waals surface area contributed by atoms with Crippen LogP contribution in [0.2, 0.25) is 0 Å². The Morgan fingerprint density at radius 3 is 3.21 bits per heavy atom. The van der Waals surface area contributed by atoms with Crippen LogP contribution in [0.3, 0.4) is 0 Å². The number of aliphatic carboxylic acids is 1. The number of fused-ring (bicyclic) bond motifs is 1. The number of rotatable bonds is 1. The van der Waals surface area contributed by atoms with E-state index >= 15 is 0 Å². The number of carboxylic acids is 1. The van der Waals surface area contributed by atoms with Crippen molar-refractivity contribution in [2.45, 2.75) is 0 Å². The molecule has 0 unspecified atom stereocenters. The van der Waals surface area contributed by atoms with Crippen molar-refractivity contribution in [2.24, 2.45) is 4.99 Å². The normalized spacial score (nSPS) is 19.0. The average Bonchev–Trinajstić information content (AvgIpc) is 2.41. The Kier molecular flexibility index (Phi) is 2.06. The Balaban J connectivity index is 2.31. The summed E-state index contributed by atoms with van der Waals surface area (Å²) in [5, 5.41) is 8.73. The van der Waals surface area contributed by atoms with Crippen molar-refractivity contribution < 1.29 is 14.6 Å². The summed E-state index contributed by atoms with van der Waals surface area (Å²) >= 11 is 0. The lowest BCUT2D eigenvalue weighted by atomic mass is 10.3. The van der Waals surface area contributed by atoms with Crippen LogP contribution in [0.5, 0.6) is 0 Å². The van der Waals surface area contributed by atoms with Crippen LogP contribution in [-0.2, 0) is 9.53 Å². The van der Waals surface area contributed by atoms with E-state index in [1.807, 2.05) is 0 Å². The summed E-state index contributed by atoms with van der Waals surface area (Å²) in [5.41, 5.74) is 0.0659. The smallest absolute Gasteiger partial charge is 0.354 e. The second-order valence-corrected chi connectivity index (χ2v) is 2.74. The van der Waals surface area contributed by atoms with E-state index in [0.717, 1.165) is 0 Å². The Bertz CT molecular complexity index is 380. The lowest BCUT2D eigenvalue weighted by Crippen LogP contribution is -2.28. The molecule has 2 rings (SSSR count). The molecule has 0 aromatic rings. The van der Waals surface area contributed by atoms with Crippen LogP contribution in [-0.4, -0.2) is 28.4 Å². The number of ether oxygens (including phenoxy) is 1. The van der Waals surface area contributed by atoms with E-state index in [1.165, 1.54) is 12.5 Å². The van der Waals surface area contributed by atoms with Crippen LogP contribution >= 0.6 is 0 Å². The fraction of sp³-hybridized carbons (Fsp3) is 0.111. The minimum Gasteiger partial charge on any atom is -0.477 e. The number of carbonyl (C=O) groups is 1. The maximum absolute atomic E-state index is 10.6. The molecule has 0 saturated carbocycles. The Labute approximate surface area is 80.3 Å². The second kappa shape index (κ2) is 3.37. The molecule has 0 spiro atoms. The predicted molar refractivity (Wildman–Crippen MR) is 49.2 cm³/mol. The summed E-state index contributed by atoms with van der Waals surface area (Å²) in [6.45, 7) is 0.491. The van der Waals surface area contributed by atoms with Gasteiger partial charge in [0.25, 0.3) is 0 Å². The zero-order valence-electron chi connectivity index (χ0n) is 7.25. The highest BCUT2D eigenvalue weighted by Gasteiger charge is 2.16. The fourth-order valence-corrected chi connectivity index (χ4v) is 1.17. The van der Waals surface area contributed by atoms with Gasteiger partial charge >= 0.3 is 5.97 Å². The van der Waals surface area contributed by atoms with Crippen LogP contribution < -0.4 is 0 Å². The fourth-order valence-electron chi connectivity index (χ4n) is 1.17. The lowest BCUT2D eigenvalue weighted by Gasteiger charge is -2.20. The molecule has 0 aliphatic carbocycles.